The van der Waals surface area contributed by atoms with Crippen molar-refractivity contribution in [3.8, 4) is 21.4 Å². The van der Waals surface area contributed by atoms with Gasteiger partial charge in [-0.15, -0.1) is 11.3 Å². The first-order valence-electron chi connectivity index (χ1n) is 8.75. The van der Waals surface area contributed by atoms with Gasteiger partial charge in [0.05, 0.1) is 11.9 Å². The second kappa shape index (κ2) is 8.85. The van der Waals surface area contributed by atoms with E-state index in [4.69, 9.17) is 0 Å². The summed E-state index contributed by atoms with van der Waals surface area (Å²) in [6, 6.07) is 5.61. The van der Waals surface area contributed by atoms with Crippen LogP contribution in [0.2, 0.25) is 0 Å². The number of rotatable bonds is 4. The van der Waals surface area contributed by atoms with Crippen LogP contribution in [0, 0.1) is 6.92 Å². The van der Waals surface area contributed by atoms with Crippen LogP contribution < -0.4 is 5.32 Å². The van der Waals surface area contributed by atoms with Crippen molar-refractivity contribution in [2.45, 2.75) is 20.8 Å². The maximum Gasteiger partial charge on any atom is 0.275 e. The molecule has 4 rings (SSSR count). The summed E-state index contributed by atoms with van der Waals surface area (Å²) in [5.41, 5.74) is 2.92. The first-order chi connectivity index (χ1) is 13.6. The molecule has 1 N–H and O–H groups in total. The highest BCUT2D eigenvalue weighted by Gasteiger charge is 2.16. The SMILES string of the molecule is CC.Cc1cccnc1C(=O)Nc1cnc(-c2cc(-c3nccs3)nn2C)s1. The molecular weight excluding hydrogens is 392 g/mol. The molecule has 0 radical (unpaired) electrons. The number of pyridine rings is 1. The van der Waals surface area contributed by atoms with E-state index < -0.39 is 0 Å². The molecule has 1 amide bonds. The number of hydrogen-bond acceptors (Lipinski definition) is 7. The van der Waals surface area contributed by atoms with Gasteiger partial charge in [0.1, 0.15) is 26.4 Å². The van der Waals surface area contributed by atoms with Crippen LogP contribution in [0.15, 0.2) is 42.2 Å². The molecule has 7 nitrogen and oxygen atoms in total. The van der Waals surface area contributed by atoms with Crippen molar-refractivity contribution < 1.29 is 4.79 Å². The molecule has 4 heterocycles. The molecule has 0 spiro atoms. The Morgan fingerprint density at radius 3 is 2.68 bits per heavy atom. The molecule has 144 valence electrons. The van der Waals surface area contributed by atoms with Crippen LogP contribution >= 0.6 is 22.7 Å². The Kier molecular flexibility index (Phi) is 6.27. The summed E-state index contributed by atoms with van der Waals surface area (Å²) >= 11 is 2.93. The molecule has 0 aromatic carbocycles. The predicted octanol–water partition coefficient (Wildman–Crippen LogP) is 4.65. The van der Waals surface area contributed by atoms with Crippen LogP contribution in [-0.4, -0.2) is 30.6 Å². The zero-order valence-electron chi connectivity index (χ0n) is 16.0. The van der Waals surface area contributed by atoms with Crippen LogP contribution in [0.5, 0.6) is 0 Å². The number of aryl methyl sites for hydroxylation is 2. The lowest BCUT2D eigenvalue weighted by Gasteiger charge is -2.03. The predicted molar refractivity (Wildman–Crippen MR) is 114 cm³/mol. The molecule has 0 aliphatic heterocycles. The number of aromatic nitrogens is 5. The van der Waals surface area contributed by atoms with Gasteiger partial charge in [-0.05, 0) is 24.6 Å². The Morgan fingerprint density at radius 1 is 1.14 bits per heavy atom. The zero-order valence-corrected chi connectivity index (χ0v) is 17.6. The lowest BCUT2D eigenvalue weighted by molar-refractivity contribution is 0.102. The van der Waals surface area contributed by atoms with Crippen LogP contribution in [-0.2, 0) is 7.05 Å². The summed E-state index contributed by atoms with van der Waals surface area (Å²) in [6.45, 7) is 5.86. The molecule has 0 unspecified atom stereocenters. The van der Waals surface area contributed by atoms with Crippen LogP contribution in [0.3, 0.4) is 0 Å². The number of carbonyl (C=O) groups is 1. The minimum absolute atomic E-state index is 0.244. The third-order valence-corrected chi connectivity index (χ3v) is 5.45. The Labute approximate surface area is 171 Å². The summed E-state index contributed by atoms with van der Waals surface area (Å²) in [4.78, 5) is 25.2. The molecule has 0 bridgehead atoms. The van der Waals surface area contributed by atoms with Crippen molar-refractivity contribution in [1.29, 1.82) is 0 Å². The first kappa shape index (κ1) is 19.8. The van der Waals surface area contributed by atoms with Crippen molar-refractivity contribution in [1.82, 2.24) is 24.7 Å². The highest BCUT2D eigenvalue weighted by molar-refractivity contribution is 7.19. The van der Waals surface area contributed by atoms with Gasteiger partial charge in [-0.3, -0.25) is 14.5 Å². The van der Waals surface area contributed by atoms with Gasteiger partial charge in [0.2, 0.25) is 0 Å². The fourth-order valence-corrected chi connectivity index (χ4v) is 3.92. The maximum absolute atomic E-state index is 12.4. The minimum Gasteiger partial charge on any atom is -0.311 e. The molecule has 0 saturated heterocycles. The lowest BCUT2D eigenvalue weighted by atomic mass is 10.2. The summed E-state index contributed by atoms with van der Waals surface area (Å²) in [5, 5.41) is 11.6. The molecule has 28 heavy (non-hydrogen) atoms. The van der Waals surface area contributed by atoms with E-state index in [2.05, 4.69) is 25.4 Å². The largest absolute Gasteiger partial charge is 0.311 e. The van der Waals surface area contributed by atoms with Crippen LogP contribution in [0.25, 0.3) is 21.4 Å². The molecule has 4 aromatic rings. The van der Waals surface area contributed by atoms with Crippen molar-refractivity contribution in [2.75, 3.05) is 5.32 Å². The standard InChI is InChI=1S/C17H14N6OS2.C2H6/c1-10-4-3-5-18-14(10)15(24)21-13-9-20-17(26-13)12-8-11(22-23(12)2)16-19-6-7-25-16;1-2/h3-9H,1-2H3,(H,21,24);1-2H3. The van der Waals surface area contributed by atoms with Gasteiger partial charge < -0.3 is 5.32 Å². The summed E-state index contributed by atoms with van der Waals surface area (Å²) in [7, 11) is 1.86. The van der Waals surface area contributed by atoms with Gasteiger partial charge in [-0.25, -0.2) is 9.97 Å². The van der Waals surface area contributed by atoms with Crippen molar-refractivity contribution in [3.05, 3.63) is 53.4 Å². The smallest absolute Gasteiger partial charge is 0.275 e. The van der Waals surface area contributed by atoms with Crippen LogP contribution in [0.1, 0.15) is 29.9 Å². The molecule has 0 aliphatic rings. The fourth-order valence-electron chi connectivity index (χ4n) is 2.47. The number of thiazole rings is 2. The van der Waals surface area contributed by atoms with Gasteiger partial charge in [0, 0.05) is 24.8 Å². The van der Waals surface area contributed by atoms with Crippen molar-refractivity contribution in [2.24, 2.45) is 7.05 Å². The summed E-state index contributed by atoms with van der Waals surface area (Å²) < 4.78 is 1.77. The molecule has 0 fully saturated rings. The van der Waals surface area contributed by atoms with E-state index in [9.17, 15) is 4.79 Å². The van der Waals surface area contributed by atoms with Gasteiger partial charge in [0.25, 0.3) is 5.91 Å². The minimum atomic E-state index is -0.244. The fraction of sp³-hybridized carbons (Fsp3) is 0.211. The molecular formula is C19H20N6OS2. The quantitative estimate of drug-likeness (QED) is 0.527. The summed E-state index contributed by atoms with van der Waals surface area (Å²) in [6.07, 6.45) is 5.01. The van der Waals surface area contributed by atoms with Gasteiger partial charge in [-0.1, -0.05) is 31.3 Å². The molecule has 4 aromatic heterocycles. The van der Waals surface area contributed by atoms with E-state index in [-0.39, 0.29) is 5.91 Å². The topological polar surface area (TPSA) is 85.6 Å². The number of anilines is 1. The Bertz CT molecular complexity index is 1070. The monoisotopic (exact) mass is 412 g/mol. The maximum atomic E-state index is 12.4. The van der Waals surface area contributed by atoms with Gasteiger partial charge >= 0.3 is 0 Å². The second-order valence-corrected chi connectivity index (χ2v) is 7.45. The number of carbonyl (C=O) groups excluding carboxylic acids is 1. The van der Waals surface area contributed by atoms with E-state index in [0.29, 0.717) is 10.7 Å². The molecule has 0 atom stereocenters. The lowest BCUT2D eigenvalue weighted by Crippen LogP contribution is -2.14. The average molecular weight is 413 g/mol. The number of amides is 1. The molecule has 9 heteroatoms. The summed E-state index contributed by atoms with van der Waals surface area (Å²) in [5.74, 6) is -0.244. The third-order valence-electron chi connectivity index (χ3n) is 3.72. The van der Waals surface area contributed by atoms with E-state index in [1.54, 1.807) is 29.3 Å². The Morgan fingerprint density at radius 2 is 1.96 bits per heavy atom. The number of hydrogen-bond donors (Lipinski definition) is 1. The average Bonchev–Trinajstić information content (AvgIpc) is 3.44. The highest BCUT2D eigenvalue weighted by atomic mass is 32.1. The highest BCUT2D eigenvalue weighted by Crippen LogP contribution is 2.31. The van der Waals surface area contributed by atoms with E-state index in [1.165, 1.54) is 22.7 Å². The van der Waals surface area contributed by atoms with Crippen LogP contribution in [0.4, 0.5) is 5.00 Å². The Hall–Kier alpha value is -2.91. The molecule has 0 aliphatic carbocycles. The van der Waals surface area contributed by atoms with E-state index in [0.717, 1.165) is 27.0 Å². The molecule has 0 saturated carbocycles. The number of nitrogens with zero attached hydrogens (tertiary/aromatic N) is 5. The van der Waals surface area contributed by atoms with Gasteiger partial charge in [-0.2, -0.15) is 5.10 Å². The van der Waals surface area contributed by atoms with E-state index >= 15 is 0 Å². The second-order valence-electron chi connectivity index (χ2n) is 5.53. The zero-order chi connectivity index (χ0) is 20.1. The van der Waals surface area contributed by atoms with Crippen molar-refractivity contribution in [3.63, 3.8) is 0 Å². The van der Waals surface area contributed by atoms with Crippen molar-refractivity contribution >= 4 is 33.6 Å². The number of nitrogens with one attached hydrogen (secondary N) is 1. The first-order valence-corrected chi connectivity index (χ1v) is 10.4. The van der Waals surface area contributed by atoms with E-state index in [1.807, 2.05) is 45.3 Å². The van der Waals surface area contributed by atoms with Gasteiger partial charge in [0.15, 0.2) is 0 Å². The third kappa shape index (κ3) is 4.15. The normalized spacial score (nSPS) is 10.3. The Balaban J connectivity index is 0.00000109.